The van der Waals surface area contributed by atoms with Crippen molar-refractivity contribution in [1.29, 1.82) is 0 Å². The summed E-state index contributed by atoms with van der Waals surface area (Å²) in [6.45, 7) is 10.5. The molecule has 2 heterocycles. The summed E-state index contributed by atoms with van der Waals surface area (Å²) in [5.41, 5.74) is 0.201. The maximum absolute atomic E-state index is 6.19. The number of nitrogens with zero attached hydrogens (tertiary/aromatic N) is 1. The minimum atomic E-state index is -0.398. The Labute approximate surface area is 115 Å². The largest absolute Gasteiger partial charge is 0.496 e. The lowest BCUT2D eigenvalue weighted by molar-refractivity contribution is -0.0435. The van der Waals surface area contributed by atoms with Crippen molar-refractivity contribution in [2.45, 2.75) is 45.8 Å². The first-order valence-electron chi connectivity index (χ1n) is 6.65. The zero-order valence-electron chi connectivity index (χ0n) is 12.6. The summed E-state index contributed by atoms with van der Waals surface area (Å²) >= 11 is 0. The summed E-state index contributed by atoms with van der Waals surface area (Å²) in [5.74, 6) is 1.06. The monoisotopic (exact) mass is 263 g/mol. The lowest BCUT2D eigenvalue weighted by Crippen LogP contribution is -2.48. The highest BCUT2D eigenvalue weighted by Gasteiger charge is 2.56. The van der Waals surface area contributed by atoms with Crippen LogP contribution >= 0.6 is 0 Å². The van der Waals surface area contributed by atoms with Crippen LogP contribution in [-0.2, 0) is 9.31 Å². The van der Waals surface area contributed by atoms with Crippen LogP contribution in [0.25, 0.3) is 0 Å². The van der Waals surface area contributed by atoms with Crippen LogP contribution in [0.5, 0.6) is 5.75 Å². The van der Waals surface area contributed by atoms with Crippen LogP contribution in [0.4, 0.5) is 0 Å². The minimum Gasteiger partial charge on any atom is -0.495 e. The Kier molecular flexibility index (Phi) is 3.62. The van der Waals surface area contributed by atoms with E-state index in [-0.39, 0.29) is 11.2 Å². The van der Waals surface area contributed by atoms with E-state index in [0.717, 1.165) is 5.46 Å². The molecule has 4 nitrogen and oxygen atoms in total. The van der Waals surface area contributed by atoms with E-state index < -0.39 is 7.12 Å². The van der Waals surface area contributed by atoms with E-state index in [0.29, 0.717) is 11.7 Å². The molecular weight excluding hydrogens is 241 g/mol. The Balaban J connectivity index is 2.29. The van der Waals surface area contributed by atoms with E-state index in [1.807, 2.05) is 6.07 Å². The predicted molar refractivity (Wildman–Crippen MR) is 75.7 cm³/mol. The normalized spacial score (nSPS) is 25.9. The molecule has 0 aromatic carbocycles. The van der Waals surface area contributed by atoms with Gasteiger partial charge in [-0.3, -0.25) is 4.98 Å². The highest BCUT2D eigenvalue weighted by atomic mass is 16.7. The van der Waals surface area contributed by atoms with Gasteiger partial charge in [-0.05, 0) is 32.8 Å². The molecule has 5 heteroatoms. The average Bonchev–Trinajstić information content (AvgIpc) is 2.62. The molecule has 0 radical (unpaired) electrons. The van der Waals surface area contributed by atoms with Crippen molar-refractivity contribution in [3.05, 3.63) is 18.5 Å². The molecule has 104 valence electrons. The molecule has 19 heavy (non-hydrogen) atoms. The number of rotatable bonds is 3. The summed E-state index contributed by atoms with van der Waals surface area (Å²) < 4.78 is 17.5. The molecule has 0 spiro atoms. The molecule has 1 aromatic heterocycles. The van der Waals surface area contributed by atoms with Crippen molar-refractivity contribution in [1.82, 2.24) is 4.98 Å². The lowest BCUT2D eigenvalue weighted by atomic mass is 9.78. The second kappa shape index (κ2) is 4.80. The van der Waals surface area contributed by atoms with Gasteiger partial charge in [0.2, 0.25) is 0 Å². The van der Waals surface area contributed by atoms with Crippen LogP contribution in [0.1, 0.15) is 34.6 Å². The first-order chi connectivity index (χ1) is 8.80. The smallest absolute Gasteiger partial charge is 0.495 e. The standard InChI is InChI=1S/C14H22BNO3/c1-10(2)14(5)13(3,4)18-15(19-14)11-7-12(17-6)9-16-8-11/h7-10H,1-6H3. The van der Waals surface area contributed by atoms with Crippen molar-refractivity contribution < 1.29 is 14.0 Å². The van der Waals surface area contributed by atoms with Gasteiger partial charge in [-0.1, -0.05) is 13.8 Å². The van der Waals surface area contributed by atoms with Gasteiger partial charge >= 0.3 is 7.12 Å². The second-order valence-corrected chi connectivity index (χ2v) is 6.00. The van der Waals surface area contributed by atoms with E-state index in [1.165, 1.54) is 0 Å². The molecule has 1 aromatic rings. The molecule has 1 saturated heterocycles. The quantitative estimate of drug-likeness (QED) is 0.782. The van der Waals surface area contributed by atoms with Crippen molar-refractivity contribution in [2.24, 2.45) is 5.92 Å². The molecule has 1 aliphatic heterocycles. The zero-order chi connectivity index (χ0) is 14.3. The van der Waals surface area contributed by atoms with Gasteiger partial charge in [0, 0.05) is 11.7 Å². The number of pyridine rings is 1. The summed E-state index contributed by atoms with van der Waals surface area (Å²) in [6, 6.07) is 1.90. The molecule has 1 atom stereocenters. The van der Waals surface area contributed by atoms with Crippen LogP contribution < -0.4 is 10.2 Å². The van der Waals surface area contributed by atoms with Gasteiger partial charge < -0.3 is 14.0 Å². The molecule has 1 aliphatic rings. The molecule has 0 aliphatic carbocycles. The zero-order valence-corrected chi connectivity index (χ0v) is 12.6. The molecule has 0 amide bonds. The number of ether oxygens (including phenoxy) is 1. The average molecular weight is 263 g/mol. The van der Waals surface area contributed by atoms with Crippen LogP contribution in [0.15, 0.2) is 18.5 Å². The van der Waals surface area contributed by atoms with Gasteiger partial charge in [-0.25, -0.2) is 0 Å². The summed E-state index contributed by atoms with van der Waals surface area (Å²) in [4.78, 5) is 4.16. The lowest BCUT2D eigenvalue weighted by Gasteiger charge is -2.39. The molecule has 0 bridgehead atoms. The van der Waals surface area contributed by atoms with Crippen molar-refractivity contribution >= 4 is 12.6 Å². The molecular formula is C14H22BNO3. The maximum atomic E-state index is 6.19. The Morgan fingerprint density at radius 3 is 2.42 bits per heavy atom. The first kappa shape index (κ1) is 14.3. The third-order valence-corrected chi connectivity index (χ3v) is 4.29. The van der Waals surface area contributed by atoms with E-state index in [4.69, 9.17) is 14.0 Å². The number of methoxy groups -OCH3 is 1. The fourth-order valence-electron chi connectivity index (χ4n) is 2.42. The Morgan fingerprint density at radius 1 is 1.21 bits per heavy atom. The Bertz CT molecular complexity index is 464. The second-order valence-electron chi connectivity index (χ2n) is 6.00. The third-order valence-electron chi connectivity index (χ3n) is 4.29. The predicted octanol–water partition coefficient (Wildman–Crippen LogP) is 2.03. The Hall–Kier alpha value is -1.07. The SMILES string of the molecule is COc1cncc(B2OC(C)(C)C(C)(C(C)C)O2)c1. The van der Waals surface area contributed by atoms with Crippen LogP contribution in [-0.4, -0.2) is 30.4 Å². The van der Waals surface area contributed by atoms with E-state index in [1.54, 1.807) is 19.5 Å². The summed E-state index contributed by atoms with van der Waals surface area (Å²) in [7, 11) is 1.23. The summed E-state index contributed by atoms with van der Waals surface area (Å²) in [5, 5.41) is 0. The van der Waals surface area contributed by atoms with Gasteiger partial charge in [0.25, 0.3) is 0 Å². The highest BCUT2D eigenvalue weighted by Crippen LogP contribution is 2.42. The van der Waals surface area contributed by atoms with Crippen LogP contribution in [0, 0.1) is 5.92 Å². The van der Waals surface area contributed by atoms with Gasteiger partial charge in [-0.15, -0.1) is 0 Å². The van der Waals surface area contributed by atoms with Crippen molar-refractivity contribution in [3.63, 3.8) is 0 Å². The molecule has 0 N–H and O–H groups in total. The van der Waals surface area contributed by atoms with Crippen LogP contribution in [0.2, 0.25) is 0 Å². The first-order valence-corrected chi connectivity index (χ1v) is 6.65. The molecule has 1 fully saturated rings. The van der Waals surface area contributed by atoms with E-state index in [9.17, 15) is 0 Å². The van der Waals surface area contributed by atoms with Gasteiger partial charge in [0.15, 0.2) is 0 Å². The van der Waals surface area contributed by atoms with Gasteiger partial charge in [-0.2, -0.15) is 0 Å². The van der Waals surface area contributed by atoms with Crippen LogP contribution in [0.3, 0.4) is 0 Å². The number of hydrogen-bond acceptors (Lipinski definition) is 4. The van der Waals surface area contributed by atoms with Gasteiger partial charge in [0.1, 0.15) is 5.75 Å². The summed E-state index contributed by atoms with van der Waals surface area (Å²) in [6.07, 6.45) is 3.43. The third kappa shape index (κ3) is 2.37. The maximum Gasteiger partial charge on any atom is 0.496 e. The molecule has 2 rings (SSSR count). The number of hydrogen-bond donors (Lipinski definition) is 0. The van der Waals surface area contributed by atoms with Crippen molar-refractivity contribution in [3.8, 4) is 5.75 Å². The number of aromatic nitrogens is 1. The fourth-order valence-corrected chi connectivity index (χ4v) is 2.42. The highest BCUT2D eigenvalue weighted by molar-refractivity contribution is 6.62. The topological polar surface area (TPSA) is 40.6 Å². The van der Waals surface area contributed by atoms with Gasteiger partial charge in [0.05, 0.1) is 24.5 Å². The fraction of sp³-hybridized carbons (Fsp3) is 0.643. The molecule has 1 unspecified atom stereocenters. The minimum absolute atomic E-state index is 0.333. The molecule has 0 saturated carbocycles. The Morgan fingerprint density at radius 2 is 1.89 bits per heavy atom. The van der Waals surface area contributed by atoms with E-state index in [2.05, 4.69) is 39.6 Å². The van der Waals surface area contributed by atoms with Crippen molar-refractivity contribution in [2.75, 3.05) is 7.11 Å². The van der Waals surface area contributed by atoms with E-state index >= 15 is 0 Å².